The number of rotatable bonds is 7. The first-order valence-corrected chi connectivity index (χ1v) is 14.8. The summed E-state index contributed by atoms with van der Waals surface area (Å²) < 4.78 is 8.78. The van der Waals surface area contributed by atoms with Gasteiger partial charge < -0.3 is 14.6 Å². The number of fused-ring (bicyclic) bond motifs is 4. The SMILES string of the molecule is O=C1C2Cc3c([nH]c4ccc(Br)cc34)C(c3ccc(OCCCn4ccnn4)cc3)N2C(=S)N1c1ccc(Cl)cc1. The van der Waals surface area contributed by atoms with E-state index in [4.69, 9.17) is 28.6 Å². The predicted molar refractivity (Wildman–Crippen MR) is 165 cm³/mol. The summed E-state index contributed by atoms with van der Waals surface area (Å²) in [7, 11) is 0. The number of aromatic amines is 1. The minimum Gasteiger partial charge on any atom is -0.494 e. The van der Waals surface area contributed by atoms with Crippen LogP contribution in [-0.4, -0.2) is 48.5 Å². The average Bonchev–Trinajstić information content (AvgIpc) is 3.69. The predicted octanol–water partition coefficient (Wildman–Crippen LogP) is 6.29. The molecule has 2 aliphatic rings. The summed E-state index contributed by atoms with van der Waals surface area (Å²) in [6, 6.07) is 20.8. The molecule has 0 aliphatic carbocycles. The van der Waals surface area contributed by atoms with E-state index < -0.39 is 6.04 Å². The van der Waals surface area contributed by atoms with Gasteiger partial charge in [0.2, 0.25) is 0 Å². The highest BCUT2D eigenvalue weighted by Crippen LogP contribution is 2.45. The van der Waals surface area contributed by atoms with Gasteiger partial charge in [0.25, 0.3) is 5.91 Å². The Hall–Kier alpha value is -3.73. The van der Waals surface area contributed by atoms with Gasteiger partial charge in [-0.25, -0.2) is 0 Å². The normalized spacial score (nSPS) is 18.2. The number of benzene rings is 3. The smallest absolute Gasteiger partial charge is 0.256 e. The standard InChI is InChI=1S/C30H24BrClN6O2S/c31-19-4-11-25-23(16-19)24-17-26-29(39)37(21-7-5-20(32)6-8-21)30(41)38(26)28(27(24)34-25)18-2-9-22(10-3-18)40-15-1-13-36-14-12-33-35-36/h2-12,14,16,26,28,34H,1,13,15,17H2. The van der Waals surface area contributed by atoms with Gasteiger partial charge in [-0.2, -0.15) is 0 Å². The lowest BCUT2D eigenvalue weighted by Crippen LogP contribution is -2.44. The topological polar surface area (TPSA) is 79.3 Å². The van der Waals surface area contributed by atoms with Crippen LogP contribution in [0.3, 0.4) is 0 Å². The Balaban J connectivity index is 1.23. The van der Waals surface area contributed by atoms with Gasteiger partial charge in [-0.1, -0.05) is 44.9 Å². The zero-order valence-electron chi connectivity index (χ0n) is 21.7. The van der Waals surface area contributed by atoms with Crippen LogP contribution >= 0.6 is 39.7 Å². The monoisotopic (exact) mass is 646 g/mol. The van der Waals surface area contributed by atoms with Gasteiger partial charge in [-0.05, 0) is 77.9 Å². The quantitative estimate of drug-likeness (QED) is 0.165. The Morgan fingerprint density at radius 3 is 2.66 bits per heavy atom. The molecule has 1 N–H and O–H groups in total. The van der Waals surface area contributed by atoms with Gasteiger partial charge in [0.15, 0.2) is 5.11 Å². The summed E-state index contributed by atoms with van der Waals surface area (Å²) in [5, 5.41) is 10.0. The number of aryl methyl sites for hydroxylation is 1. The van der Waals surface area contributed by atoms with Crippen molar-refractivity contribution >= 4 is 67.4 Å². The molecular weight excluding hydrogens is 624 g/mol. The summed E-state index contributed by atoms with van der Waals surface area (Å²) in [5.74, 6) is 0.744. The van der Waals surface area contributed by atoms with Crippen LogP contribution in [0, 0.1) is 0 Å². The van der Waals surface area contributed by atoms with Crippen LogP contribution in [0.1, 0.15) is 29.3 Å². The fourth-order valence-corrected chi connectivity index (χ4v) is 6.70. The van der Waals surface area contributed by atoms with Crippen molar-refractivity contribution in [1.82, 2.24) is 24.9 Å². The lowest BCUT2D eigenvalue weighted by Gasteiger charge is -2.37. The van der Waals surface area contributed by atoms with Crippen molar-refractivity contribution in [3.8, 4) is 5.75 Å². The molecule has 1 saturated heterocycles. The number of hydrogen-bond donors (Lipinski definition) is 1. The second kappa shape index (κ2) is 10.6. The van der Waals surface area contributed by atoms with Gasteiger partial charge in [0, 0.05) is 51.7 Å². The molecular formula is C30H24BrClN6O2S. The summed E-state index contributed by atoms with van der Waals surface area (Å²) in [4.78, 5) is 21.3. The number of ether oxygens (including phenoxy) is 1. The molecule has 2 unspecified atom stereocenters. The van der Waals surface area contributed by atoms with Gasteiger partial charge in [-0.3, -0.25) is 14.4 Å². The third kappa shape index (κ3) is 4.69. The third-order valence-electron chi connectivity index (χ3n) is 7.66. The lowest BCUT2D eigenvalue weighted by atomic mass is 9.89. The number of H-pyrrole nitrogens is 1. The van der Waals surface area contributed by atoms with Crippen LogP contribution in [0.4, 0.5) is 5.69 Å². The molecule has 1 fully saturated rings. The minimum atomic E-state index is -0.429. The second-order valence-corrected chi connectivity index (χ2v) is 11.8. The third-order valence-corrected chi connectivity index (χ3v) is 8.80. The first-order valence-electron chi connectivity index (χ1n) is 13.3. The number of aromatic nitrogens is 4. The second-order valence-electron chi connectivity index (χ2n) is 10.1. The number of carbonyl (C=O) groups is 1. The van der Waals surface area contributed by atoms with E-state index in [9.17, 15) is 4.79 Å². The highest BCUT2D eigenvalue weighted by atomic mass is 79.9. The van der Waals surface area contributed by atoms with Crippen LogP contribution in [0.5, 0.6) is 5.75 Å². The first kappa shape index (κ1) is 26.2. The van der Waals surface area contributed by atoms with Crippen molar-refractivity contribution in [1.29, 1.82) is 0 Å². The van der Waals surface area contributed by atoms with Crippen LogP contribution in [0.2, 0.25) is 5.02 Å². The van der Waals surface area contributed by atoms with E-state index in [-0.39, 0.29) is 11.9 Å². The van der Waals surface area contributed by atoms with E-state index in [0.717, 1.165) is 50.9 Å². The summed E-state index contributed by atoms with van der Waals surface area (Å²) in [5.41, 5.74) is 4.94. The molecule has 4 heterocycles. The number of nitrogens with zero attached hydrogens (tertiary/aromatic N) is 5. The molecule has 41 heavy (non-hydrogen) atoms. The lowest BCUT2D eigenvalue weighted by molar-refractivity contribution is -0.120. The van der Waals surface area contributed by atoms with Gasteiger partial charge in [-0.15, -0.1) is 5.10 Å². The van der Waals surface area contributed by atoms with Crippen molar-refractivity contribution in [3.05, 3.63) is 105 Å². The highest BCUT2D eigenvalue weighted by molar-refractivity contribution is 9.10. The fraction of sp³-hybridized carbons (Fsp3) is 0.200. The molecule has 0 saturated carbocycles. The zero-order valence-corrected chi connectivity index (χ0v) is 24.9. The molecule has 206 valence electrons. The molecule has 1 amide bonds. The largest absolute Gasteiger partial charge is 0.494 e. The minimum absolute atomic E-state index is 0.0374. The van der Waals surface area contributed by atoms with Crippen molar-refractivity contribution in [2.75, 3.05) is 11.5 Å². The van der Waals surface area contributed by atoms with Crippen molar-refractivity contribution < 1.29 is 9.53 Å². The molecule has 3 aromatic carbocycles. The number of amides is 1. The maximum atomic E-state index is 13.9. The van der Waals surface area contributed by atoms with Gasteiger partial charge in [0.05, 0.1) is 24.5 Å². The Morgan fingerprint density at radius 1 is 1.10 bits per heavy atom. The molecule has 8 nitrogen and oxygen atoms in total. The summed E-state index contributed by atoms with van der Waals surface area (Å²) in [6.07, 6.45) is 4.87. The van der Waals surface area contributed by atoms with Crippen LogP contribution in [0.25, 0.3) is 10.9 Å². The van der Waals surface area contributed by atoms with Crippen LogP contribution < -0.4 is 9.64 Å². The number of carbonyl (C=O) groups excluding carboxylic acids is 1. The van der Waals surface area contributed by atoms with Crippen molar-refractivity contribution in [3.63, 3.8) is 0 Å². The van der Waals surface area contributed by atoms with Crippen molar-refractivity contribution in [2.45, 2.75) is 31.5 Å². The maximum Gasteiger partial charge on any atom is 0.256 e. The van der Waals surface area contributed by atoms with E-state index in [2.05, 4.69) is 60.4 Å². The highest BCUT2D eigenvalue weighted by Gasteiger charge is 2.51. The zero-order chi connectivity index (χ0) is 28.1. The summed E-state index contributed by atoms with van der Waals surface area (Å²) in [6.45, 7) is 1.30. The van der Waals surface area contributed by atoms with Gasteiger partial charge in [0.1, 0.15) is 11.8 Å². The molecule has 0 bridgehead atoms. The Bertz CT molecular complexity index is 1760. The molecule has 2 aliphatic heterocycles. The van der Waals surface area contributed by atoms with E-state index in [1.807, 2.05) is 36.5 Å². The number of thiocarbonyl (C=S) groups is 1. The fourth-order valence-electron chi connectivity index (χ4n) is 5.78. The average molecular weight is 648 g/mol. The first-order chi connectivity index (χ1) is 20.0. The molecule has 0 radical (unpaired) electrons. The Kier molecular flexibility index (Phi) is 6.76. The van der Waals surface area contributed by atoms with E-state index in [0.29, 0.717) is 28.9 Å². The van der Waals surface area contributed by atoms with E-state index >= 15 is 0 Å². The maximum absolute atomic E-state index is 13.9. The number of nitrogens with one attached hydrogen (secondary N) is 1. The number of hydrogen-bond acceptors (Lipinski definition) is 5. The molecule has 11 heteroatoms. The Labute approximate surface area is 255 Å². The van der Waals surface area contributed by atoms with E-state index in [1.165, 1.54) is 0 Å². The van der Waals surface area contributed by atoms with E-state index in [1.54, 1.807) is 27.9 Å². The van der Waals surface area contributed by atoms with Crippen LogP contribution in [0.15, 0.2) is 83.6 Å². The molecule has 2 aromatic heterocycles. The molecule has 5 aromatic rings. The molecule has 2 atom stereocenters. The Morgan fingerprint density at radius 2 is 1.90 bits per heavy atom. The molecule has 0 spiro atoms. The molecule has 7 rings (SSSR count). The van der Waals surface area contributed by atoms with Crippen LogP contribution in [-0.2, 0) is 17.8 Å². The summed E-state index contributed by atoms with van der Waals surface area (Å²) >= 11 is 15.8. The number of halogens is 2. The van der Waals surface area contributed by atoms with Crippen molar-refractivity contribution in [2.24, 2.45) is 0 Å². The van der Waals surface area contributed by atoms with Gasteiger partial charge >= 0.3 is 0 Å². The number of anilines is 1.